The van der Waals surface area contributed by atoms with Crippen LogP contribution in [0.25, 0.3) is 10.9 Å². The first kappa shape index (κ1) is 14.7. The lowest BCUT2D eigenvalue weighted by atomic mass is 9.98. The summed E-state index contributed by atoms with van der Waals surface area (Å²) in [6.45, 7) is 0.00921. The molecule has 2 heterocycles. The fraction of sp³-hybridized carbons (Fsp3) is 0.500. The lowest BCUT2D eigenvalue weighted by Crippen LogP contribution is -2.29. The number of nitrogens with zero attached hydrogens (tertiary/aromatic N) is 2. The molecule has 2 aromatic rings. The molecule has 1 aromatic carbocycles. The summed E-state index contributed by atoms with van der Waals surface area (Å²) in [6.07, 6.45) is 4.01. The number of aromatic nitrogens is 2. The molecule has 0 unspecified atom stereocenters. The largest absolute Gasteiger partial charge is 0.433 e. The van der Waals surface area contributed by atoms with Gasteiger partial charge in [0.2, 0.25) is 0 Å². The molecule has 1 aliphatic heterocycles. The van der Waals surface area contributed by atoms with Crippen LogP contribution in [0.1, 0.15) is 12.8 Å². The number of ether oxygens (including phenoxy) is 1. The van der Waals surface area contributed by atoms with Crippen LogP contribution in [0.3, 0.4) is 0 Å². The average molecular weight is 360 g/mol. The molecule has 0 aliphatic carbocycles. The molecule has 0 spiro atoms. The van der Waals surface area contributed by atoms with Gasteiger partial charge in [0.15, 0.2) is 5.75 Å². The van der Waals surface area contributed by atoms with Gasteiger partial charge in [-0.1, -0.05) is 0 Å². The van der Waals surface area contributed by atoms with Crippen LogP contribution in [0.2, 0.25) is 0 Å². The highest BCUT2D eigenvalue weighted by atomic mass is 79.9. The van der Waals surface area contributed by atoms with Crippen LogP contribution in [0.5, 0.6) is 5.75 Å². The Morgan fingerprint density at radius 1 is 1.38 bits per heavy atom. The van der Waals surface area contributed by atoms with E-state index in [1.807, 2.05) is 4.68 Å². The highest BCUT2D eigenvalue weighted by Gasteiger charge is 2.17. The molecule has 7 heteroatoms. The van der Waals surface area contributed by atoms with E-state index in [4.69, 9.17) is 0 Å². The summed E-state index contributed by atoms with van der Waals surface area (Å²) in [5, 5.41) is 8.40. The van der Waals surface area contributed by atoms with Crippen molar-refractivity contribution in [2.45, 2.75) is 26.0 Å². The van der Waals surface area contributed by atoms with E-state index in [0.29, 0.717) is 21.3 Å². The van der Waals surface area contributed by atoms with Crippen molar-refractivity contribution < 1.29 is 13.5 Å². The van der Waals surface area contributed by atoms with E-state index < -0.39 is 6.61 Å². The van der Waals surface area contributed by atoms with Gasteiger partial charge in [0.25, 0.3) is 0 Å². The number of alkyl halides is 2. The molecule has 21 heavy (non-hydrogen) atoms. The smallest absolute Gasteiger partial charge is 0.387 e. The molecule has 0 atom stereocenters. The fourth-order valence-corrected chi connectivity index (χ4v) is 3.16. The minimum atomic E-state index is -2.85. The summed E-state index contributed by atoms with van der Waals surface area (Å²) < 4.78 is 32.0. The third-order valence-electron chi connectivity index (χ3n) is 3.75. The number of piperidine rings is 1. The van der Waals surface area contributed by atoms with Crippen molar-refractivity contribution in [2.24, 2.45) is 5.92 Å². The normalized spacial score (nSPS) is 16.8. The zero-order valence-corrected chi connectivity index (χ0v) is 12.9. The molecule has 1 fully saturated rings. The zero-order valence-electron chi connectivity index (χ0n) is 11.4. The minimum Gasteiger partial charge on any atom is -0.433 e. The third kappa shape index (κ3) is 3.35. The van der Waals surface area contributed by atoms with Crippen molar-refractivity contribution in [2.75, 3.05) is 13.1 Å². The first-order chi connectivity index (χ1) is 10.1. The molecule has 3 rings (SSSR count). The Morgan fingerprint density at radius 3 is 2.86 bits per heavy atom. The number of rotatable bonds is 4. The number of fused-ring (bicyclic) bond motifs is 1. The standard InChI is InChI=1S/C14H16BrF2N3O/c15-11-1-2-12-10(13(11)21-14(16)17)8-20(19-12)7-9-3-5-18-6-4-9/h1-2,8-9,14,18H,3-7H2. The van der Waals surface area contributed by atoms with Crippen molar-refractivity contribution in [3.8, 4) is 5.75 Å². The van der Waals surface area contributed by atoms with Crippen LogP contribution in [0.4, 0.5) is 8.78 Å². The second-order valence-corrected chi connectivity index (χ2v) is 6.09. The predicted molar refractivity (Wildman–Crippen MR) is 79.7 cm³/mol. The zero-order chi connectivity index (χ0) is 14.8. The SMILES string of the molecule is FC(F)Oc1c(Br)ccc2nn(CC3CCNCC3)cc12. The number of halogens is 3. The van der Waals surface area contributed by atoms with Gasteiger partial charge in [0.1, 0.15) is 0 Å². The highest BCUT2D eigenvalue weighted by Crippen LogP contribution is 2.34. The van der Waals surface area contributed by atoms with E-state index in [-0.39, 0.29) is 5.75 Å². The number of benzene rings is 1. The van der Waals surface area contributed by atoms with Crippen molar-refractivity contribution in [1.29, 1.82) is 0 Å². The Bertz CT molecular complexity index is 626. The molecule has 1 N–H and O–H groups in total. The van der Waals surface area contributed by atoms with Gasteiger partial charge in [-0.2, -0.15) is 13.9 Å². The second kappa shape index (κ2) is 6.27. The molecule has 0 radical (unpaired) electrons. The molecule has 114 valence electrons. The van der Waals surface area contributed by atoms with E-state index in [1.54, 1.807) is 18.3 Å². The second-order valence-electron chi connectivity index (χ2n) is 5.23. The summed E-state index contributed by atoms with van der Waals surface area (Å²) in [4.78, 5) is 0. The first-order valence-corrected chi connectivity index (χ1v) is 7.74. The summed E-state index contributed by atoms with van der Waals surface area (Å²) >= 11 is 3.25. The molecule has 1 saturated heterocycles. The molecule has 1 aromatic heterocycles. The maximum Gasteiger partial charge on any atom is 0.387 e. The van der Waals surface area contributed by atoms with Gasteiger partial charge in [-0.25, -0.2) is 0 Å². The molecule has 0 amide bonds. The quantitative estimate of drug-likeness (QED) is 0.909. The number of nitrogens with one attached hydrogen (secondary N) is 1. The molecule has 4 nitrogen and oxygen atoms in total. The van der Waals surface area contributed by atoms with Crippen LogP contribution in [0.15, 0.2) is 22.8 Å². The predicted octanol–water partition coefficient (Wildman–Crippen LogP) is 3.40. The van der Waals surface area contributed by atoms with Gasteiger partial charge in [0.05, 0.1) is 15.4 Å². The van der Waals surface area contributed by atoms with Gasteiger partial charge in [-0.3, -0.25) is 4.68 Å². The Labute approximate surface area is 129 Å². The Hall–Kier alpha value is -1.21. The third-order valence-corrected chi connectivity index (χ3v) is 4.37. The van der Waals surface area contributed by atoms with Gasteiger partial charge >= 0.3 is 6.61 Å². The lowest BCUT2D eigenvalue weighted by molar-refractivity contribution is -0.0492. The lowest BCUT2D eigenvalue weighted by Gasteiger charge is -2.22. The summed E-state index contributed by atoms with van der Waals surface area (Å²) in [7, 11) is 0. The van der Waals surface area contributed by atoms with Gasteiger partial charge in [-0.15, -0.1) is 0 Å². The van der Waals surface area contributed by atoms with Gasteiger partial charge in [-0.05, 0) is 59.9 Å². The Balaban J connectivity index is 1.88. The van der Waals surface area contributed by atoms with Crippen LogP contribution in [0, 0.1) is 5.92 Å². The Kier molecular flexibility index (Phi) is 4.40. The highest BCUT2D eigenvalue weighted by molar-refractivity contribution is 9.10. The van der Waals surface area contributed by atoms with Crippen molar-refractivity contribution in [3.05, 3.63) is 22.8 Å². The molecular weight excluding hydrogens is 344 g/mol. The van der Waals surface area contributed by atoms with Crippen LogP contribution < -0.4 is 10.1 Å². The first-order valence-electron chi connectivity index (χ1n) is 6.94. The van der Waals surface area contributed by atoms with Gasteiger partial charge in [0, 0.05) is 12.7 Å². The van der Waals surface area contributed by atoms with E-state index in [0.717, 1.165) is 32.5 Å². The van der Waals surface area contributed by atoms with Crippen LogP contribution in [-0.2, 0) is 6.54 Å². The summed E-state index contributed by atoms with van der Waals surface area (Å²) in [5.41, 5.74) is 0.669. The maximum atomic E-state index is 12.5. The van der Waals surface area contributed by atoms with E-state index in [1.165, 1.54) is 0 Å². The Morgan fingerprint density at radius 2 is 2.14 bits per heavy atom. The van der Waals surface area contributed by atoms with Crippen molar-refractivity contribution in [1.82, 2.24) is 15.1 Å². The summed E-state index contributed by atoms with van der Waals surface area (Å²) in [5.74, 6) is 0.725. The van der Waals surface area contributed by atoms with Crippen molar-refractivity contribution in [3.63, 3.8) is 0 Å². The minimum absolute atomic E-state index is 0.152. The molecule has 0 bridgehead atoms. The summed E-state index contributed by atoms with van der Waals surface area (Å²) in [6, 6.07) is 3.48. The van der Waals surface area contributed by atoms with Crippen molar-refractivity contribution >= 4 is 26.8 Å². The molecule has 0 saturated carbocycles. The van der Waals surface area contributed by atoms with E-state index in [2.05, 4.69) is 31.1 Å². The monoisotopic (exact) mass is 359 g/mol. The maximum absolute atomic E-state index is 12.5. The number of hydrogen-bond acceptors (Lipinski definition) is 3. The van der Waals surface area contributed by atoms with Crippen LogP contribution in [-0.4, -0.2) is 29.5 Å². The van der Waals surface area contributed by atoms with E-state index >= 15 is 0 Å². The molecular formula is C14H16BrF2N3O. The fourth-order valence-electron chi connectivity index (χ4n) is 2.72. The van der Waals surface area contributed by atoms with E-state index in [9.17, 15) is 8.78 Å². The van der Waals surface area contributed by atoms with Crippen LogP contribution >= 0.6 is 15.9 Å². The van der Waals surface area contributed by atoms with Gasteiger partial charge < -0.3 is 10.1 Å². The topological polar surface area (TPSA) is 39.1 Å². The number of hydrogen-bond donors (Lipinski definition) is 1. The average Bonchev–Trinajstić information content (AvgIpc) is 2.86. The molecule has 1 aliphatic rings.